The van der Waals surface area contributed by atoms with Gasteiger partial charge < -0.3 is 4.90 Å². The maximum Gasteiger partial charge on any atom is 0.253 e. The van der Waals surface area contributed by atoms with Crippen molar-refractivity contribution < 1.29 is 4.79 Å². The van der Waals surface area contributed by atoms with E-state index in [1.807, 2.05) is 37.1 Å². The molecule has 1 atom stereocenters. The Bertz CT molecular complexity index is 415. The minimum absolute atomic E-state index is 0.0850. The summed E-state index contributed by atoms with van der Waals surface area (Å²) in [5.41, 5.74) is 1.84. The Hall–Kier alpha value is -0.830. The van der Waals surface area contributed by atoms with Gasteiger partial charge in [-0.2, -0.15) is 0 Å². The SMILES string of the molecule is Cc1cc(C(=O)N(C)C(C)C(C)C)ccc1Br. The molecule has 1 rings (SSSR count). The van der Waals surface area contributed by atoms with Gasteiger partial charge in [0.1, 0.15) is 0 Å². The van der Waals surface area contributed by atoms with Crippen LogP contribution in [0.1, 0.15) is 36.7 Å². The number of hydrogen-bond acceptors (Lipinski definition) is 1. The van der Waals surface area contributed by atoms with Gasteiger partial charge >= 0.3 is 0 Å². The molecule has 3 heteroatoms. The van der Waals surface area contributed by atoms with E-state index in [-0.39, 0.29) is 11.9 Å². The minimum Gasteiger partial charge on any atom is -0.339 e. The van der Waals surface area contributed by atoms with Crippen LogP contribution < -0.4 is 0 Å². The molecule has 1 aromatic carbocycles. The Balaban J connectivity index is 2.92. The van der Waals surface area contributed by atoms with E-state index in [4.69, 9.17) is 0 Å². The number of hydrogen-bond donors (Lipinski definition) is 0. The van der Waals surface area contributed by atoms with Crippen molar-refractivity contribution in [3.8, 4) is 0 Å². The van der Waals surface area contributed by atoms with Gasteiger partial charge in [-0.15, -0.1) is 0 Å². The van der Waals surface area contributed by atoms with Gasteiger partial charge in [-0.1, -0.05) is 29.8 Å². The molecule has 0 aliphatic carbocycles. The summed E-state index contributed by atoms with van der Waals surface area (Å²) in [5, 5.41) is 0. The molecule has 0 aliphatic rings. The second kappa shape index (κ2) is 5.67. The lowest BCUT2D eigenvalue weighted by Gasteiger charge is -2.28. The molecule has 0 saturated heterocycles. The highest BCUT2D eigenvalue weighted by atomic mass is 79.9. The van der Waals surface area contributed by atoms with Crippen molar-refractivity contribution in [1.29, 1.82) is 0 Å². The molecule has 1 aromatic rings. The molecule has 0 fully saturated rings. The summed E-state index contributed by atoms with van der Waals surface area (Å²) >= 11 is 3.44. The number of aryl methyl sites for hydroxylation is 1. The first-order valence-corrected chi connectivity index (χ1v) is 6.67. The lowest BCUT2D eigenvalue weighted by Crippen LogP contribution is -2.38. The highest BCUT2D eigenvalue weighted by molar-refractivity contribution is 9.10. The Morgan fingerprint density at radius 3 is 2.35 bits per heavy atom. The van der Waals surface area contributed by atoms with Crippen LogP contribution >= 0.6 is 15.9 Å². The molecule has 0 spiro atoms. The van der Waals surface area contributed by atoms with Crippen LogP contribution in [-0.2, 0) is 0 Å². The topological polar surface area (TPSA) is 20.3 Å². The molecule has 0 saturated carbocycles. The number of rotatable bonds is 3. The summed E-state index contributed by atoms with van der Waals surface area (Å²) in [6, 6.07) is 5.96. The third-order valence-electron chi connectivity index (χ3n) is 3.30. The van der Waals surface area contributed by atoms with Crippen molar-refractivity contribution in [3.05, 3.63) is 33.8 Å². The van der Waals surface area contributed by atoms with Crippen LogP contribution in [0.5, 0.6) is 0 Å². The van der Waals surface area contributed by atoms with Gasteiger partial charge in [0.25, 0.3) is 5.91 Å². The summed E-state index contributed by atoms with van der Waals surface area (Å²) in [6.45, 7) is 8.32. The zero-order chi connectivity index (χ0) is 13.2. The van der Waals surface area contributed by atoms with E-state index in [1.165, 1.54) is 0 Å². The van der Waals surface area contributed by atoms with Gasteiger partial charge in [0.2, 0.25) is 0 Å². The highest BCUT2D eigenvalue weighted by Gasteiger charge is 2.19. The van der Waals surface area contributed by atoms with Gasteiger partial charge in [0.05, 0.1) is 0 Å². The normalized spacial score (nSPS) is 12.6. The first kappa shape index (κ1) is 14.2. The number of carbonyl (C=O) groups excluding carboxylic acids is 1. The summed E-state index contributed by atoms with van der Waals surface area (Å²) in [5.74, 6) is 0.544. The fourth-order valence-corrected chi connectivity index (χ4v) is 1.86. The lowest BCUT2D eigenvalue weighted by molar-refractivity contribution is 0.0707. The Kier molecular flexibility index (Phi) is 4.75. The maximum atomic E-state index is 12.3. The highest BCUT2D eigenvalue weighted by Crippen LogP contribution is 2.19. The second-order valence-corrected chi connectivity index (χ2v) is 5.72. The minimum atomic E-state index is 0.0850. The summed E-state index contributed by atoms with van der Waals surface area (Å²) in [4.78, 5) is 14.1. The molecule has 17 heavy (non-hydrogen) atoms. The smallest absolute Gasteiger partial charge is 0.253 e. The van der Waals surface area contributed by atoms with Crippen LogP contribution in [-0.4, -0.2) is 23.9 Å². The van der Waals surface area contributed by atoms with Gasteiger partial charge in [-0.25, -0.2) is 0 Å². The molecular formula is C14H20BrNO. The third kappa shape index (κ3) is 3.32. The standard InChI is InChI=1S/C14H20BrNO/c1-9(2)11(4)16(5)14(17)12-6-7-13(15)10(3)8-12/h6-9,11H,1-5H3. The van der Waals surface area contributed by atoms with E-state index in [0.717, 1.165) is 15.6 Å². The van der Waals surface area contributed by atoms with Crippen LogP contribution in [0.4, 0.5) is 0 Å². The molecule has 0 aromatic heterocycles. The third-order valence-corrected chi connectivity index (χ3v) is 4.19. The molecule has 0 heterocycles. The zero-order valence-corrected chi connectivity index (χ0v) is 12.7. The van der Waals surface area contributed by atoms with Crippen molar-refractivity contribution in [2.45, 2.75) is 33.7 Å². The molecule has 1 amide bonds. The number of nitrogens with zero attached hydrogens (tertiary/aromatic N) is 1. The van der Waals surface area contributed by atoms with Gasteiger partial charge in [0, 0.05) is 23.1 Å². The molecule has 0 bridgehead atoms. The van der Waals surface area contributed by atoms with E-state index in [2.05, 4.69) is 36.7 Å². The Labute approximate surface area is 112 Å². The summed E-state index contributed by atoms with van der Waals surface area (Å²) < 4.78 is 1.04. The number of halogens is 1. The molecule has 1 unspecified atom stereocenters. The predicted octanol–water partition coefficient (Wildman–Crippen LogP) is 3.87. The van der Waals surface area contributed by atoms with Gasteiger partial charge in [-0.05, 0) is 43.5 Å². The average Bonchev–Trinajstić information content (AvgIpc) is 2.29. The van der Waals surface area contributed by atoms with Gasteiger partial charge in [-0.3, -0.25) is 4.79 Å². The monoisotopic (exact) mass is 297 g/mol. The van der Waals surface area contributed by atoms with E-state index in [9.17, 15) is 4.79 Å². The first-order chi connectivity index (χ1) is 7.84. The molecule has 0 aliphatic heterocycles. The number of benzene rings is 1. The Morgan fingerprint density at radius 1 is 1.29 bits per heavy atom. The number of amides is 1. The average molecular weight is 298 g/mol. The fourth-order valence-electron chi connectivity index (χ4n) is 1.61. The van der Waals surface area contributed by atoms with Crippen molar-refractivity contribution in [2.24, 2.45) is 5.92 Å². The zero-order valence-electron chi connectivity index (χ0n) is 11.1. The lowest BCUT2D eigenvalue weighted by atomic mass is 10.0. The molecule has 2 nitrogen and oxygen atoms in total. The van der Waals surface area contributed by atoms with Crippen LogP contribution in [0.3, 0.4) is 0 Å². The second-order valence-electron chi connectivity index (χ2n) is 4.86. The van der Waals surface area contributed by atoms with Crippen LogP contribution in [0.2, 0.25) is 0 Å². The maximum absolute atomic E-state index is 12.3. The van der Waals surface area contributed by atoms with Crippen LogP contribution in [0.25, 0.3) is 0 Å². The van der Waals surface area contributed by atoms with Crippen molar-refractivity contribution in [3.63, 3.8) is 0 Å². The predicted molar refractivity (Wildman–Crippen MR) is 75.3 cm³/mol. The Morgan fingerprint density at radius 2 is 1.88 bits per heavy atom. The van der Waals surface area contributed by atoms with E-state index in [1.54, 1.807) is 0 Å². The summed E-state index contributed by atoms with van der Waals surface area (Å²) in [6.07, 6.45) is 0. The van der Waals surface area contributed by atoms with E-state index in [0.29, 0.717) is 5.92 Å². The van der Waals surface area contributed by atoms with Crippen molar-refractivity contribution >= 4 is 21.8 Å². The molecule has 0 N–H and O–H groups in total. The van der Waals surface area contributed by atoms with Crippen molar-refractivity contribution in [2.75, 3.05) is 7.05 Å². The van der Waals surface area contributed by atoms with E-state index < -0.39 is 0 Å². The molecule has 0 radical (unpaired) electrons. The number of carbonyl (C=O) groups is 1. The van der Waals surface area contributed by atoms with Gasteiger partial charge in [0.15, 0.2) is 0 Å². The van der Waals surface area contributed by atoms with E-state index >= 15 is 0 Å². The summed E-state index contributed by atoms with van der Waals surface area (Å²) in [7, 11) is 1.87. The first-order valence-electron chi connectivity index (χ1n) is 5.88. The molecule has 94 valence electrons. The van der Waals surface area contributed by atoms with Crippen LogP contribution in [0.15, 0.2) is 22.7 Å². The molecular weight excluding hydrogens is 278 g/mol. The van der Waals surface area contributed by atoms with Crippen LogP contribution in [0, 0.1) is 12.8 Å². The quantitative estimate of drug-likeness (QED) is 0.829. The fraction of sp³-hybridized carbons (Fsp3) is 0.500. The largest absolute Gasteiger partial charge is 0.339 e. The van der Waals surface area contributed by atoms with Crippen molar-refractivity contribution in [1.82, 2.24) is 4.90 Å².